The molecule has 0 fully saturated rings. The maximum absolute atomic E-state index is 12.4. The van der Waals surface area contributed by atoms with Gasteiger partial charge in [0.15, 0.2) is 5.78 Å². The second kappa shape index (κ2) is 11.8. The summed E-state index contributed by atoms with van der Waals surface area (Å²) in [6.07, 6.45) is 0.639. The molecule has 0 saturated heterocycles. The lowest BCUT2D eigenvalue weighted by atomic mass is 9.98. The molecule has 0 bridgehead atoms. The number of ketones is 2. The number of hydrogen-bond donors (Lipinski definition) is 3. The molecule has 30 heavy (non-hydrogen) atoms. The molecule has 1 rings (SSSR count). The first-order valence-electron chi connectivity index (χ1n) is 10.0. The summed E-state index contributed by atoms with van der Waals surface area (Å²) in [7, 11) is 0. The number of amides is 2. The maximum Gasteiger partial charge on any atom is 0.305 e. The molecule has 0 spiro atoms. The summed E-state index contributed by atoms with van der Waals surface area (Å²) in [6, 6.07) is 4.37. The molecule has 0 aliphatic heterocycles. The van der Waals surface area contributed by atoms with Crippen LogP contribution in [0.3, 0.4) is 0 Å². The highest BCUT2D eigenvalue weighted by Gasteiger charge is 2.17. The summed E-state index contributed by atoms with van der Waals surface area (Å²) < 4.78 is 0. The van der Waals surface area contributed by atoms with E-state index in [1.54, 1.807) is 13.8 Å². The molecule has 3 N–H and O–H groups in total. The highest BCUT2D eigenvalue weighted by atomic mass is 16.4. The number of anilines is 1. The van der Waals surface area contributed by atoms with E-state index in [4.69, 9.17) is 5.11 Å². The Hall–Kier alpha value is -3.03. The standard InChI is InChI=1S/C22H30N2O6/c1-13(2)18(25)6-5-7-19(26)24-17-11-15(21(29)14(3)4)10-16(12-17)22(30)23-9-8-20(27)28/h10-14H,5-9H2,1-4H3,(H,23,30)(H,24,26)(H,27,28). The quantitative estimate of drug-likeness (QED) is 0.447. The van der Waals surface area contributed by atoms with Crippen molar-refractivity contribution >= 4 is 35.0 Å². The number of carboxylic acid groups (broad SMARTS) is 1. The minimum Gasteiger partial charge on any atom is -0.481 e. The monoisotopic (exact) mass is 418 g/mol. The first-order chi connectivity index (χ1) is 14.0. The van der Waals surface area contributed by atoms with Crippen molar-refractivity contribution < 1.29 is 29.1 Å². The Kier molecular flexibility index (Phi) is 9.88. The van der Waals surface area contributed by atoms with Crippen molar-refractivity contribution in [1.29, 1.82) is 0 Å². The van der Waals surface area contributed by atoms with Crippen molar-refractivity contribution in [3.8, 4) is 0 Å². The van der Waals surface area contributed by atoms with Crippen molar-refractivity contribution in [2.75, 3.05) is 11.9 Å². The summed E-state index contributed by atoms with van der Waals surface area (Å²) in [6.45, 7) is 7.02. The van der Waals surface area contributed by atoms with E-state index in [2.05, 4.69) is 10.6 Å². The topological polar surface area (TPSA) is 130 Å². The maximum atomic E-state index is 12.4. The van der Waals surface area contributed by atoms with Gasteiger partial charge < -0.3 is 15.7 Å². The zero-order valence-corrected chi connectivity index (χ0v) is 17.9. The number of nitrogens with one attached hydrogen (secondary N) is 2. The molecule has 0 aromatic heterocycles. The Bertz CT molecular complexity index is 814. The molecule has 0 aliphatic rings. The Balaban J connectivity index is 2.92. The van der Waals surface area contributed by atoms with Gasteiger partial charge in [0.05, 0.1) is 6.42 Å². The molecule has 0 atom stereocenters. The van der Waals surface area contributed by atoms with Crippen molar-refractivity contribution in [1.82, 2.24) is 5.32 Å². The SMILES string of the molecule is CC(C)C(=O)CCCC(=O)Nc1cc(C(=O)NCCC(=O)O)cc(C(=O)C(C)C)c1. The van der Waals surface area contributed by atoms with E-state index in [1.165, 1.54) is 18.2 Å². The van der Waals surface area contributed by atoms with Gasteiger partial charge >= 0.3 is 5.97 Å². The number of aliphatic carboxylic acids is 1. The Morgan fingerprint density at radius 1 is 0.867 bits per heavy atom. The lowest BCUT2D eigenvalue weighted by Gasteiger charge is -2.12. The number of carbonyl (C=O) groups is 5. The molecule has 2 amide bonds. The van der Waals surface area contributed by atoms with E-state index in [-0.39, 0.29) is 59.8 Å². The van der Waals surface area contributed by atoms with Gasteiger partial charge in [0.25, 0.3) is 5.91 Å². The molecule has 0 radical (unpaired) electrons. The predicted molar refractivity (Wildman–Crippen MR) is 113 cm³/mol. The van der Waals surface area contributed by atoms with Gasteiger partial charge in [-0.3, -0.25) is 24.0 Å². The van der Waals surface area contributed by atoms with Crippen molar-refractivity contribution in [2.45, 2.75) is 53.4 Å². The van der Waals surface area contributed by atoms with Gasteiger partial charge in [0.2, 0.25) is 5.91 Å². The molecule has 0 heterocycles. The van der Waals surface area contributed by atoms with Gasteiger partial charge in [-0.25, -0.2) is 0 Å². The van der Waals surface area contributed by atoms with Crippen LogP contribution in [0, 0.1) is 11.8 Å². The van der Waals surface area contributed by atoms with E-state index >= 15 is 0 Å². The average Bonchev–Trinajstić information content (AvgIpc) is 2.66. The third-order valence-corrected chi connectivity index (χ3v) is 4.38. The van der Waals surface area contributed by atoms with Crippen LogP contribution >= 0.6 is 0 Å². The molecule has 0 saturated carbocycles. The zero-order valence-electron chi connectivity index (χ0n) is 17.9. The van der Waals surface area contributed by atoms with Gasteiger partial charge in [0.1, 0.15) is 5.78 Å². The molecule has 1 aromatic rings. The van der Waals surface area contributed by atoms with Gasteiger partial charge in [0, 0.05) is 48.0 Å². The fourth-order valence-corrected chi connectivity index (χ4v) is 2.63. The number of rotatable bonds is 12. The minimum absolute atomic E-state index is 0.0535. The van der Waals surface area contributed by atoms with Crippen LogP contribution in [0.4, 0.5) is 5.69 Å². The molecular weight excluding hydrogens is 388 g/mol. The first-order valence-corrected chi connectivity index (χ1v) is 10.0. The Labute approximate surface area is 176 Å². The lowest BCUT2D eigenvalue weighted by molar-refractivity contribution is -0.136. The second-order valence-corrected chi connectivity index (χ2v) is 7.74. The number of hydrogen-bond acceptors (Lipinski definition) is 5. The zero-order chi connectivity index (χ0) is 22.8. The predicted octanol–water partition coefficient (Wildman–Crippen LogP) is 3.06. The smallest absolute Gasteiger partial charge is 0.305 e. The average molecular weight is 418 g/mol. The Morgan fingerprint density at radius 2 is 1.50 bits per heavy atom. The third kappa shape index (κ3) is 8.55. The summed E-state index contributed by atoms with van der Waals surface area (Å²) in [5.41, 5.74) is 0.725. The van der Waals surface area contributed by atoms with Crippen molar-refractivity contribution in [2.24, 2.45) is 11.8 Å². The number of benzene rings is 1. The summed E-state index contributed by atoms with van der Waals surface area (Å²) in [4.78, 5) is 59.3. The Morgan fingerprint density at radius 3 is 2.07 bits per heavy atom. The fraction of sp³-hybridized carbons (Fsp3) is 0.500. The van der Waals surface area contributed by atoms with Crippen LogP contribution in [0.15, 0.2) is 18.2 Å². The highest BCUT2D eigenvalue weighted by molar-refractivity contribution is 6.04. The van der Waals surface area contributed by atoms with Crippen LogP contribution in [0.5, 0.6) is 0 Å². The van der Waals surface area contributed by atoms with Crippen molar-refractivity contribution in [3.05, 3.63) is 29.3 Å². The third-order valence-electron chi connectivity index (χ3n) is 4.38. The van der Waals surface area contributed by atoms with Crippen LogP contribution in [0.2, 0.25) is 0 Å². The van der Waals surface area contributed by atoms with Crippen LogP contribution in [0.1, 0.15) is 74.1 Å². The molecule has 0 unspecified atom stereocenters. The van der Waals surface area contributed by atoms with E-state index in [9.17, 15) is 24.0 Å². The largest absolute Gasteiger partial charge is 0.481 e. The highest BCUT2D eigenvalue weighted by Crippen LogP contribution is 2.19. The first kappa shape index (κ1) is 25.0. The molecule has 164 valence electrons. The lowest BCUT2D eigenvalue weighted by Crippen LogP contribution is -2.26. The molecule has 1 aromatic carbocycles. The van der Waals surface area contributed by atoms with Gasteiger partial charge in [-0.1, -0.05) is 27.7 Å². The molecular formula is C22H30N2O6. The summed E-state index contributed by atoms with van der Waals surface area (Å²) in [5.74, 6) is -2.37. The molecule has 8 nitrogen and oxygen atoms in total. The number of carbonyl (C=O) groups excluding carboxylic acids is 4. The van der Waals surface area contributed by atoms with Gasteiger partial charge in [-0.05, 0) is 24.6 Å². The molecule has 8 heteroatoms. The van der Waals surface area contributed by atoms with Crippen LogP contribution < -0.4 is 10.6 Å². The summed E-state index contributed by atoms with van der Waals surface area (Å²) >= 11 is 0. The minimum atomic E-state index is -1.04. The second-order valence-electron chi connectivity index (χ2n) is 7.74. The van der Waals surface area contributed by atoms with Crippen molar-refractivity contribution in [3.63, 3.8) is 0 Å². The summed E-state index contributed by atoms with van der Waals surface area (Å²) in [5, 5.41) is 13.8. The number of carboxylic acids is 1. The van der Waals surface area contributed by atoms with Crippen LogP contribution in [0.25, 0.3) is 0 Å². The van der Waals surface area contributed by atoms with E-state index < -0.39 is 11.9 Å². The molecule has 0 aliphatic carbocycles. The van der Waals surface area contributed by atoms with E-state index in [0.29, 0.717) is 18.5 Å². The van der Waals surface area contributed by atoms with Gasteiger partial charge in [-0.15, -0.1) is 0 Å². The number of Topliss-reactive ketones (excluding diaryl/α,β-unsaturated/α-hetero) is 2. The van der Waals surface area contributed by atoms with Crippen LogP contribution in [-0.2, 0) is 14.4 Å². The van der Waals surface area contributed by atoms with Gasteiger partial charge in [-0.2, -0.15) is 0 Å². The van der Waals surface area contributed by atoms with E-state index in [1.807, 2.05) is 13.8 Å². The fourth-order valence-electron chi connectivity index (χ4n) is 2.63. The normalized spacial score (nSPS) is 10.7. The van der Waals surface area contributed by atoms with Crippen LogP contribution in [-0.4, -0.2) is 41.0 Å². The van der Waals surface area contributed by atoms with E-state index in [0.717, 1.165) is 0 Å².